The molecule has 0 aliphatic heterocycles. The van der Waals surface area contributed by atoms with Crippen LogP contribution in [-0.2, 0) is 0 Å². The molecule has 0 radical (unpaired) electrons. The van der Waals surface area contributed by atoms with E-state index in [1.807, 2.05) is 10.7 Å². The zero-order chi connectivity index (χ0) is 8.77. The molecule has 3 nitrogen and oxygen atoms in total. The van der Waals surface area contributed by atoms with Gasteiger partial charge in [-0.2, -0.15) is 5.10 Å². The Morgan fingerprint density at radius 1 is 1.58 bits per heavy atom. The quantitative estimate of drug-likeness (QED) is 0.690. The van der Waals surface area contributed by atoms with Gasteiger partial charge in [0.25, 0.3) is 0 Å². The Morgan fingerprint density at radius 2 is 2.25 bits per heavy atom. The number of rotatable bonds is 1. The monoisotopic (exact) mass is 165 g/mol. The molecule has 0 atom stereocenters. The van der Waals surface area contributed by atoms with E-state index in [1.165, 1.54) is 12.8 Å². The minimum Gasteiger partial charge on any atom is -0.384 e. The fraction of sp³-hybridized carbons (Fsp3) is 0.667. The molecule has 0 spiro atoms. The summed E-state index contributed by atoms with van der Waals surface area (Å²) in [4.78, 5) is 0. The summed E-state index contributed by atoms with van der Waals surface area (Å²) in [5.74, 6) is 0.788. The van der Waals surface area contributed by atoms with Crippen LogP contribution < -0.4 is 5.73 Å². The van der Waals surface area contributed by atoms with Gasteiger partial charge in [0, 0.05) is 0 Å². The lowest BCUT2D eigenvalue weighted by Crippen LogP contribution is -2.34. The van der Waals surface area contributed by atoms with E-state index >= 15 is 0 Å². The number of hydrogen-bond acceptors (Lipinski definition) is 2. The lowest BCUT2D eigenvalue weighted by molar-refractivity contribution is 0.0965. The van der Waals surface area contributed by atoms with Crippen molar-refractivity contribution in [2.24, 2.45) is 5.41 Å². The van der Waals surface area contributed by atoms with Gasteiger partial charge in [-0.3, -0.25) is 0 Å². The molecular weight excluding hydrogens is 150 g/mol. The summed E-state index contributed by atoms with van der Waals surface area (Å²) >= 11 is 0. The van der Waals surface area contributed by atoms with Crippen LogP contribution in [0.15, 0.2) is 12.3 Å². The maximum Gasteiger partial charge on any atom is 0.121 e. The van der Waals surface area contributed by atoms with Crippen LogP contribution in [0.25, 0.3) is 0 Å². The van der Waals surface area contributed by atoms with Crippen LogP contribution in [0.3, 0.4) is 0 Å². The predicted octanol–water partition coefficient (Wildman–Crippen LogP) is 1.83. The van der Waals surface area contributed by atoms with Gasteiger partial charge in [-0.1, -0.05) is 13.8 Å². The standard InChI is InChI=1S/C9H15N3/c1-9(2)5-7(6-9)12-8(10)3-4-11-12/h3-4,7H,5-6,10H2,1-2H3. The smallest absolute Gasteiger partial charge is 0.121 e. The minimum atomic E-state index is 0.489. The van der Waals surface area contributed by atoms with Gasteiger partial charge in [0.2, 0.25) is 0 Å². The van der Waals surface area contributed by atoms with Crippen LogP contribution in [0.5, 0.6) is 0 Å². The second-order valence-electron chi connectivity index (χ2n) is 4.43. The van der Waals surface area contributed by atoms with Crippen molar-refractivity contribution in [3.63, 3.8) is 0 Å². The zero-order valence-corrected chi connectivity index (χ0v) is 7.62. The summed E-state index contributed by atoms with van der Waals surface area (Å²) in [6.07, 6.45) is 4.15. The Labute approximate surface area is 72.6 Å². The van der Waals surface area contributed by atoms with Gasteiger partial charge >= 0.3 is 0 Å². The van der Waals surface area contributed by atoms with Gasteiger partial charge in [-0.25, -0.2) is 4.68 Å². The summed E-state index contributed by atoms with van der Waals surface area (Å²) in [7, 11) is 0. The van der Waals surface area contributed by atoms with Crippen LogP contribution in [-0.4, -0.2) is 9.78 Å². The molecule has 66 valence electrons. The zero-order valence-electron chi connectivity index (χ0n) is 7.62. The molecule has 1 saturated carbocycles. The Kier molecular flexibility index (Phi) is 1.43. The van der Waals surface area contributed by atoms with E-state index in [2.05, 4.69) is 18.9 Å². The molecule has 0 aromatic carbocycles. The van der Waals surface area contributed by atoms with Crippen molar-refractivity contribution in [2.75, 3.05) is 5.73 Å². The summed E-state index contributed by atoms with van der Waals surface area (Å²) in [6.45, 7) is 4.56. The summed E-state index contributed by atoms with van der Waals surface area (Å²) < 4.78 is 1.94. The van der Waals surface area contributed by atoms with E-state index in [0.717, 1.165) is 5.82 Å². The maximum absolute atomic E-state index is 5.74. The number of anilines is 1. The maximum atomic E-state index is 5.74. The second-order valence-corrected chi connectivity index (χ2v) is 4.43. The van der Waals surface area contributed by atoms with Crippen molar-refractivity contribution in [1.29, 1.82) is 0 Å². The summed E-state index contributed by atoms with van der Waals surface area (Å²) in [6, 6.07) is 2.39. The summed E-state index contributed by atoms with van der Waals surface area (Å²) in [5.41, 5.74) is 6.23. The molecule has 2 N–H and O–H groups in total. The molecule has 1 fully saturated rings. The van der Waals surface area contributed by atoms with Crippen molar-refractivity contribution in [1.82, 2.24) is 9.78 Å². The van der Waals surface area contributed by atoms with E-state index in [0.29, 0.717) is 11.5 Å². The van der Waals surface area contributed by atoms with Crippen LogP contribution in [0.4, 0.5) is 5.82 Å². The Balaban J connectivity index is 2.11. The molecule has 1 aliphatic carbocycles. The van der Waals surface area contributed by atoms with Crippen molar-refractivity contribution < 1.29 is 0 Å². The number of hydrogen-bond donors (Lipinski definition) is 1. The Hall–Kier alpha value is -0.990. The number of nitrogens with two attached hydrogens (primary N) is 1. The van der Waals surface area contributed by atoms with Crippen molar-refractivity contribution in [2.45, 2.75) is 32.7 Å². The van der Waals surface area contributed by atoms with Crippen molar-refractivity contribution >= 4 is 5.82 Å². The lowest BCUT2D eigenvalue weighted by Gasteiger charge is -2.42. The topological polar surface area (TPSA) is 43.8 Å². The van der Waals surface area contributed by atoms with Crippen molar-refractivity contribution in [3.8, 4) is 0 Å². The Bertz CT molecular complexity index is 280. The van der Waals surface area contributed by atoms with Crippen molar-refractivity contribution in [3.05, 3.63) is 12.3 Å². The largest absolute Gasteiger partial charge is 0.384 e. The van der Waals surface area contributed by atoms with E-state index in [4.69, 9.17) is 5.73 Å². The molecule has 1 heterocycles. The predicted molar refractivity (Wildman–Crippen MR) is 48.7 cm³/mol. The molecule has 12 heavy (non-hydrogen) atoms. The number of nitrogens with zero attached hydrogens (tertiary/aromatic N) is 2. The number of aromatic nitrogens is 2. The highest BCUT2D eigenvalue weighted by molar-refractivity contribution is 5.27. The first-order valence-electron chi connectivity index (χ1n) is 4.37. The average Bonchev–Trinajstić information content (AvgIpc) is 2.30. The first-order chi connectivity index (χ1) is 5.58. The first kappa shape index (κ1) is 7.65. The van der Waals surface area contributed by atoms with Crippen LogP contribution in [0.1, 0.15) is 32.7 Å². The van der Waals surface area contributed by atoms with E-state index < -0.39 is 0 Å². The third-order valence-corrected chi connectivity index (χ3v) is 2.62. The lowest BCUT2D eigenvalue weighted by atomic mass is 9.68. The van der Waals surface area contributed by atoms with E-state index in [-0.39, 0.29) is 0 Å². The third kappa shape index (κ3) is 1.09. The molecule has 1 aromatic rings. The highest BCUT2D eigenvalue weighted by Gasteiger charge is 2.37. The molecule has 0 unspecified atom stereocenters. The Morgan fingerprint density at radius 3 is 2.67 bits per heavy atom. The fourth-order valence-electron chi connectivity index (χ4n) is 2.02. The van der Waals surface area contributed by atoms with Crippen LogP contribution >= 0.6 is 0 Å². The molecular formula is C9H15N3. The van der Waals surface area contributed by atoms with Gasteiger partial charge in [-0.05, 0) is 24.3 Å². The van der Waals surface area contributed by atoms with Gasteiger partial charge in [0.15, 0.2) is 0 Å². The fourth-order valence-corrected chi connectivity index (χ4v) is 2.02. The van der Waals surface area contributed by atoms with E-state index in [9.17, 15) is 0 Å². The SMILES string of the molecule is CC1(C)CC(n2nccc2N)C1. The highest BCUT2D eigenvalue weighted by atomic mass is 15.3. The first-order valence-corrected chi connectivity index (χ1v) is 4.37. The van der Waals surface area contributed by atoms with E-state index in [1.54, 1.807) is 6.20 Å². The molecule has 0 amide bonds. The average molecular weight is 165 g/mol. The minimum absolute atomic E-state index is 0.489. The highest BCUT2D eigenvalue weighted by Crippen LogP contribution is 2.47. The molecule has 3 heteroatoms. The number of nitrogen functional groups attached to an aromatic ring is 1. The molecule has 1 aliphatic rings. The normalized spacial score (nSPS) is 22.2. The van der Waals surface area contributed by atoms with Gasteiger partial charge in [-0.15, -0.1) is 0 Å². The van der Waals surface area contributed by atoms with Gasteiger partial charge < -0.3 is 5.73 Å². The van der Waals surface area contributed by atoms with Gasteiger partial charge in [0.1, 0.15) is 5.82 Å². The van der Waals surface area contributed by atoms with Crippen LogP contribution in [0.2, 0.25) is 0 Å². The molecule has 1 aromatic heterocycles. The third-order valence-electron chi connectivity index (χ3n) is 2.62. The molecule has 0 saturated heterocycles. The van der Waals surface area contributed by atoms with Gasteiger partial charge in [0.05, 0.1) is 12.2 Å². The van der Waals surface area contributed by atoms with Crippen LogP contribution in [0, 0.1) is 5.41 Å². The second kappa shape index (κ2) is 2.25. The molecule has 2 rings (SSSR count). The molecule has 0 bridgehead atoms. The summed E-state index contributed by atoms with van der Waals surface area (Å²) in [5, 5.41) is 4.20.